The molecular formula is C42H61NO12. The number of hydrogen-bond donors (Lipinski definition) is 4. The monoisotopic (exact) mass is 771 g/mol. The number of hydrogen-bond acceptors (Lipinski definition) is 10. The van der Waals surface area contributed by atoms with Gasteiger partial charge in [0.25, 0.3) is 0 Å². The number of nitrogens with one attached hydrogen (secondary N) is 1. The van der Waals surface area contributed by atoms with Crippen LogP contribution in [0.2, 0.25) is 0 Å². The van der Waals surface area contributed by atoms with Gasteiger partial charge in [-0.3, -0.25) is 19.2 Å². The number of aliphatic hydroxyl groups is 1. The van der Waals surface area contributed by atoms with E-state index in [0.29, 0.717) is 37.0 Å². The van der Waals surface area contributed by atoms with Crippen LogP contribution in [0, 0.1) is 23.2 Å². The second-order valence-electron chi connectivity index (χ2n) is 14.6. The first-order valence-electron chi connectivity index (χ1n) is 19.1. The molecular weight excluding hydrogens is 710 g/mol. The summed E-state index contributed by atoms with van der Waals surface area (Å²) >= 11 is 0. The molecule has 1 rings (SSSR count). The van der Waals surface area contributed by atoms with E-state index in [-0.39, 0.29) is 18.8 Å². The minimum absolute atomic E-state index is 0.157. The fourth-order valence-electron chi connectivity index (χ4n) is 5.43. The van der Waals surface area contributed by atoms with Gasteiger partial charge in [0.2, 0.25) is 12.2 Å². The highest BCUT2D eigenvalue weighted by Gasteiger charge is 2.49. The van der Waals surface area contributed by atoms with Crippen molar-refractivity contribution in [1.82, 2.24) is 5.32 Å². The summed E-state index contributed by atoms with van der Waals surface area (Å²) in [4.78, 5) is 75.9. The third-order valence-corrected chi connectivity index (χ3v) is 8.67. The Morgan fingerprint density at radius 3 is 2.02 bits per heavy atom. The number of unbranched alkanes of at least 4 members (excludes halogenated alkanes) is 8. The molecule has 1 amide bonds. The normalized spacial score (nSPS) is 14.0. The Morgan fingerprint density at radius 2 is 1.47 bits per heavy atom. The first kappa shape index (κ1) is 48.3. The Balaban J connectivity index is 3.17. The van der Waals surface area contributed by atoms with Crippen LogP contribution in [0.1, 0.15) is 131 Å². The van der Waals surface area contributed by atoms with Crippen LogP contribution in [0.15, 0.2) is 36.4 Å². The van der Waals surface area contributed by atoms with E-state index in [1.165, 1.54) is 19.4 Å². The van der Waals surface area contributed by atoms with Crippen LogP contribution >= 0.6 is 0 Å². The molecule has 1 unspecified atom stereocenters. The summed E-state index contributed by atoms with van der Waals surface area (Å²) in [6.45, 7) is 10.1. The fraction of sp³-hybridized carbons (Fsp3) is 0.619. The van der Waals surface area contributed by atoms with Crippen LogP contribution in [0.4, 0.5) is 0 Å². The lowest BCUT2D eigenvalue weighted by molar-refractivity contribution is -0.192. The van der Waals surface area contributed by atoms with Gasteiger partial charge in [0, 0.05) is 26.2 Å². The van der Waals surface area contributed by atoms with Gasteiger partial charge in [0.1, 0.15) is 24.2 Å². The number of esters is 2. The van der Waals surface area contributed by atoms with Gasteiger partial charge in [-0.15, -0.1) is 5.92 Å². The van der Waals surface area contributed by atoms with E-state index in [9.17, 15) is 44.1 Å². The molecule has 13 nitrogen and oxygen atoms in total. The van der Waals surface area contributed by atoms with Gasteiger partial charge in [-0.25, -0.2) is 9.59 Å². The molecule has 1 aromatic carbocycles. The number of rotatable bonds is 27. The number of Topliss-reactive ketones (excluding diaryl/α,β-unsaturated/α-hetero) is 1. The van der Waals surface area contributed by atoms with Gasteiger partial charge in [0.15, 0.2) is 5.60 Å². The van der Waals surface area contributed by atoms with Crippen molar-refractivity contribution >= 4 is 35.6 Å². The van der Waals surface area contributed by atoms with E-state index in [4.69, 9.17) is 14.2 Å². The van der Waals surface area contributed by atoms with Gasteiger partial charge in [-0.1, -0.05) is 75.7 Å². The van der Waals surface area contributed by atoms with Crippen molar-refractivity contribution in [3.63, 3.8) is 0 Å². The molecule has 55 heavy (non-hydrogen) atoms. The molecule has 0 fully saturated rings. The van der Waals surface area contributed by atoms with Crippen LogP contribution in [0.3, 0.4) is 0 Å². The van der Waals surface area contributed by atoms with Crippen molar-refractivity contribution in [2.75, 3.05) is 6.61 Å². The molecule has 0 saturated carbocycles. The summed E-state index contributed by atoms with van der Waals surface area (Å²) in [6, 6.07) is 5.02. The zero-order chi connectivity index (χ0) is 41.4. The zero-order valence-electron chi connectivity index (χ0n) is 33.3. The number of carbonyl (C=O) groups excluding carboxylic acids is 4. The van der Waals surface area contributed by atoms with Gasteiger partial charge in [-0.2, -0.15) is 0 Å². The largest absolute Gasteiger partial charge is 0.481 e. The highest BCUT2D eigenvalue weighted by molar-refractivity contribution is 5.95. The van der Waals surface area contributed by atoms with E-state index in [1.54, 1.807) is 52.0 Å². The minimum atomic E-state index is -3.08. The average Bonchev–Trinajstić information content (AvgIpc) is 3.10. The van der Waals surface area contributed by atoms with Crippen LogP contribution in [0.5, 0.6) is 5.75 Å². The molecule has 0 heterocycles. The summed E-state index contributed by atoms with van der Waals surface area (Å²) in [5.41, 5.74) is -3.46. The summed E-state index contributed by atoms with van der Waals surface area (Å²) < 4.78 is 16.1. The Hall–Kier alpha value is -4.70. The molecule has 0 aromatic heterocycles. The molecule has 1 aromatic rings. The molecule has 0 aliphatic heterocycles. The van der Waals surface area contributed by atoms with Crippen LogP contribution < -0.4 is 10.1 Å². The van der Waals surface area contributed by atoms with Crippen molar-refractivity contribution in [2.45, 2.75) is 149 Å². The Bertz CT molecular complexity index is 1480. The summed E-state index contributed by atoms with van der Waals surface area (Å²) in [7, 11) is 0. The molecule has 0 saturated heterocycles. The lowest BCUT2D eigenvalue weighted by atomic mass is 9.82. The molecule has 0 spiro atoms. The Labute approximate surface area is 325 Å². The number of benzene rings is 1. The van der Waals surface area contributed by atoms with Crippen molar-refractivity contribution < 1.29 is 58.3 Å². The first-order chi connectivity index (χ1) is 25.9. The number of aliphatic carboxylic acids is 2. The van der Waals surface area contributed by atoms with Crippen molar-refractivity contribution in [1.29, 1.82) is 0 Å². The smallest absolute Gasteiger partial charge is 0.337 e. The molecule has 0 aliphatic rings. The first-order valence-corrected chi connectivity index (χ1v) is 19.1. The number of carboxylic acid groups (broad SMARTS) is 2. The highest BCUT2D eigenvalue weighted by Crippen LogP contribution is 2.26. The molecule has 4 N–H and O–H groups in total. The van der Waals surface area contributed by atoms with E-state index in [1.807, 2.05) is 0 Å². The Kier molecular flexibility index (Phi) is 22.3. The molecule has 0 radical (unpaired) electrons. The van der Waals surface area contributed by atoms with E-state index in [0.717, 1.165) is 51.0 Å². The summed E-state index contributed by atoms with van der Waals surface area (Å²) in [5.74, 6) is -2.13. The maximum Gasteiger partial charge on any atom is 0.337 e. The fourth-order valence-corrected chi connectivity index (χ4v) is 5.43. The van der Waals surface area contributed by atoms with Crippen LogP contribution in [-0.4, -0.2) is 75.4 Å². The standard InChI is InChI=1S/C42H61NO12/c1-7-9-11-14-17-20-32(44)21-18-15-12-13-16-19-22-34(42(52,39(49)50)29-36(45)46)37(47)43-35(38(48)54-30(3)55-40(51)41(4,5)6)28-31-23-25-33(26-24-31)53-27-10-8-2/h19,22-26,30,34-35,52H,7,9,11-18,20-21,27-29H2,1-6H3,(H,43,47)(H,45,46)(H,49,50)/t30?,34-,35+,42+/m1/s1. The van der Waals surface area contributed by atoms with Gasteiger partial charge in [0.05, 0.1) is 17.8 Å². The Morgan fingerprint density at radius 1 is 0.873 bits per heavy atom. The van der Waals surface area contributed by atoms with Gasteiger partial charge >= 0.3 is 23.9 Å². The molecule has 13 heteroatoms. The van der Waals surface area contributed by atoms with Crippen molar-refractivity contribution in [3.8, 4) is 17.6 Å². The lowest BCUT2D eigenvalue weighted by Gasteiger charge is -2.30. The third kappa shape index (κ3) is 19.5. The van der Waals surface area contributed by atoms with Gasteiger partial charge < -0.3 is 34.8 Å². The quantitative estimate of drug-likeness (QED) is 0.0255. The van der Waals surface area contributed by atoms with Gasteiger partial charge in [-0.05, 0) is 71.1 Å². The number of carboxylic acids is 2. The number of amides is 1. The molecule has 306 valence electrons. The van der Waals surface area contributed by atoms with Crippen molar-refractivity contribution in [3.05, 3.63) is 42.0 Å². The van der Waals surface area contributed by atoms with Crippen LogP contribution in [-0.2, 0) is 44.7 Å². The summed E-state index contributed by atoms with van der Waals surface area (Å²) in [5, 5.41) is 33.1. The molecule has 0 aliphatic carbocycles. The highest BCUT2D eigenvalue weighted by atomic mass is 16.7. The van der Waals surface area contributed by atoms with E-state index in [2.05, 4.69) is 24.1 Å². The predicted molar refractivity (Wildman–Crippen MR) is 206 cm³/mol. The van der Waals surface area contributed by atoms with E-state index >= 15 is 0 Å². The lowest BCUT2D eigenvalue weighted by Crippen LogP contribution is -2.55. The maximum absolute atomic E-state index is 13.8. The SMILES string of the molecule is CC#CCOc1ccc(C[C@H](NC(=O)[C@@H](C=CCCCCCCC(=O)CCCCCCC)[C@@](O)(CC(=O)O)C(=O)O)C(=O)OC(C)OC(=O)C(C)(C)C)cc1. The topological polar surface area (TPSA) is 203 Å². The maximum atomic E-state index is 13.8. The molecule has 4 atom stereocenters. The third-order valence-electron chi connectivity index (χ3n) is 8.67. The average molecular weight is 772 g/mol. The molecule has 0 bridgehead atoms. The van der Waals surface area contributed by atoms with Crippen molar-refractivity contribution in [2.24, 2.45) is 11.3 Å². The number of carbonyl (C=O) groups is 6. The van der Waals surface area contributed by atoms with E-state index < -0.39 is 65.5 Å². The predicted octanol–water partition coefficient (Wildman–Crippen LogP) is 6.33. The number of ether oxygens (including phenoxy) is 3. The summed E-state index contributed by atoms with van der Waals surface area (Å²) in [6.07, 6.45) is 9.63. The zero-order valence-corrected chi connectivity index (χ0v) is 33.3. The van der Waals surface area contributed by atoms with Crippen LogP contribution in [0.25, 0.3) is 0 Å². The number of allylic oxidation sites excluding steroid dienone is 1. The number of ketones is 1. The second-order valence-corrected chi connectivity index (χ2v) is 14.6. The minimum Gasteiger partial charge on any atom is -0.481 e. The second kappa shape index (κ2) is 25.4.